The molecule has 3 aromatic rings. The first-order valence-corrected chi connectivity index (χ1v) is 10.7. The van der Waals surface area contributed by atoms with E-state index in [9.17, 15) is 14.9 Å². The molecule has 1 fully saturated rings. The van der Waals surface area contributed by atoms with E-state index in [2.05, 4.69) is 0 Å². The summed E-state index contributed by atoms with van der Waals surface area (Å²) in [5.41, 5.74) is 1.48. The molecule has 3 aromatic carbocycles. The number of hydroxylamine groups is 1. The number of carbonyl (C=O) groups excluding carboxylic acids is 1. The molecule has 164 valence electrons. The number of nitro groups is 1. The quantitative estimate of drug-likeness (QED) is 0.314. The van der Waals surface area contributed by atoms with Crippen LogP contribution < -0.4 is 5.06 Å². The maximum absolute atomic E-state index is 13.2. The Morgan fingerprint density at radius 3 is 2.25 bits per heavy atom. The van der Waals surface area contributed by atoms with Crippen molar-refractivity contribution in [2.75, 3.05) is 18.2 Å². The second kappa shape index (κ2) is 9.56. The highest BCUT2D eigenvalue weighted by Gasteiger charge is 2.32. The summed E-state index contributed by atoms with van der Waals surface area (Å²) in [6, 6.07) is 20.3. The van der Waals surface area contributed by atoms with E-state index in [1.54, 1.807) is 17.0 Å². The third-order valence-corrected chi connectivity index (χ3v) is 5.72. The number of nitro benzene ring substituents is 1. The zero-order valence-electron chi connectivity index (χ0n) is 16.9. The van der Waals surface area contributed by atoms with Crippen LogP contribution in [0.4, 0.5) is 16.2 Å². The number of amides is 2. The van der Waals surface area contributed by atoms with Gasteiger partial charge in [0.25, 0.3) is 5.69 Å². The highest BCUT2D eigenvalue weighted by atomic mass is 35.5. The van der Waals surface area contributed by atoms with E-state index in [-0.39, 0.29) is 16.4 Å². The van der Waals surface area contributed by atoms with E-state index in [0.29, 0.717) is 18.1 Å². The fraction of sp³-hybridized carbons (Fsp3) is 0.174. The van der Waals surface area contributed by atoms with Crippen LogP contribution in [0.25, 0.3) is 0 Å². The summed E-state index contributed by atoms with van der Waals surface area (Å²) >= 11 is 12.0. The summed E-state index contributed by atoms with van der Waals surface area (Å²) in [5.74, 6) is 0. The molecule has 7 nitrogen and oxygen atoms in total. The molecule has 1 aliphatic heterocycles. The largest absolute Gasteiger partial charge is 0.348 e. The van der Waals surface area contributed by atoms with Crippen molar-refractivity contribution >= 4 is 40.6 Å². The van der Waals surface area contributed by atoms with Crippen molar-refractivity contribution in [1.82, 2.24) is 4.90 Å². The Kier molecular flexibility index (Phi) is 6.60. The Bertz CT molecular complexity index is 1120. The number of urea groups is 1. The molecule has 1 aliphatic rings. The number of hydrogen-bond donors (Lipinski definition) is 0. The van der Waals surface area contributed by atoms with E-state index in [4.69, 9.17) is 28.0 Å². The summed E-state index contributed by atoms with van der Waals surface area (Å²) in [6.07, 6.45) is 0.230. The Hall–Kier alpha value is -3.13. The maximum Gasteiger partial charge on any atom is 0.348 e. The van der Waals surface area contributed by atoms with Gasteiger partial charge in [-0.3, -0.25) is 15.0 Å². The first-order chi connectivity index (χ1) is 15.4. The molecule has 9 heteroatoms. The van der Waals surface area contributed by atoms with Gasteiger partial charge >= 0.3 is 6.03 Å². The fourth-order valence-electron chi connectivity index (χ4n) is 3.30. The van der Waals surface area contributed by atoms with Crippen molar-refractivity contribution in [3.05, 3.63) is 104 Å². The predicted octanol–water partition coefficient (Wildman–Crippen LogP) is 6.25. The number of nitrogens with zero attached hydrogens (tertiary/aromatic N) is 3. The van der Waals surface area contributed by atoms with Gasteiger partial charge in [0.05, 0.1) is 10.6 Å². The lowest BCUT2D eigenvalue weighted by molar-refractivity contribution is -0.384. The highest BCUT2D eigenvalue weighted by Crippen LogP contribution is 2.34. The summed E-state index contributed by atoms with van der Waals surface area (Å²) in [6.45, 7) is 1.18. The summed E-state index contributed by atoms with van der Waals surface area (Å²) in [4.78, 5) is 32.0. The number of hydrogen-bond acceptors (Lipinski definition) is 4. The van der Waals surface area contributed by atoms with Gasteiger partial charge in [-0.1, -0.05) is 65.7 Å². The Morgan fingerprint density at radius 2 is 1.66 bits per heavy atom. The van der Waals surface area contributed by atoms with E-state index in [0.717, 1.165) is 22.6 Å². The molecule has 4 rings (SSSR count). The molecule has 1 atom stereocenters. The maximum atomic E-state index is 13.2. The average molecular weight is 472 g/mol. The van der Waals surface area contributed by atoms with Gasteiger partial charge in [-0.15, -0.1) is 0 Å². The molecule has 0 aliphatic carbocycles. The van der Waals surface area contributed by atoms with Crippen molar-refractivity contribution in [2.24, 2.45) is 0 Å². The van der Waals surface area contributed by atoms with Crippen molar-refractivity contribution in [1.29, 1.82) is 0 Å². The number of benzene rings is 3. The molecule has 0 bridgehead atoms. The zero-order chi connectivity index (χ0) is 22.7. The average Bonchev–Trinajstić information content (AvgIpc) is 2.75. The molecule has 0 spiro atoms. The Balaban J connectivity index is 1.77. The summed E-state index contributed by atoms with van der Waals surface area (Å²) in [5, 5.41) is 13.1. The van der Waals surface area contributed by atoms with E-state index < -0.39 is 17.1 Å². The highest BCUT2D eigenvalue weighted by molar-refractivity contribution is 6.32. The van der Waals surface area contributed by atoms with Gasteiger partial charge in [-0.2, -0.15) is 5.06 Å². The Labute approximate surface area is 194 Å². The lowest BCUT2D eigenvalue weighted by Crippen LogP contribution is -2.50. The lowest BCUT2D eigenvalue weighted by Gasteiger charge is -2.36. The number of halogens is 2. The van der Waals surface area contributed by atoms with E-state index >= 15 is 0 Å². The van der Waals surface area contributed by atoms with Crippen LogP contribution in [0, 0.1) is 10.1 Å². The van der Waals surface area contributed by atoms with Crippen LogP contribution in [0.15, 0.2) is 72.8 Å². The van der Waals surface area contributed by atoms with E-state index in [1.165, 1.54) is 18.2 Å². The fourth-order valence-corrected chi connectivity index (χ4v) is 3.62. The standard InChI is InChI=1S/C23H19Cl2N3O4/c24-18-9-7-17(8-10-18)22(16-5-2-1-3-6-16)32-27(23(29)26-13-4-14-26)19-11-12-20(25)21(15-19)28(30)31/h1-3,5-12,15,22H,4,13-14H2. The molecule has 1 unspecified atom stereocenters. The minimum atomic E-state index is -0.659. The summed E-state index contributed by atoms with van der Waals surface area (Å²) in [7, 11) is 0. The van der Waals surface area contributed by atoms with Crippen LogP contribution in [0.1, 0.15) is 23.7 Å². The number of rotatable bonds is 6. The van der Waals surface area contributed by atoms with Crippen LogP contribution >= 0.6 is 23.2 Å². The minimum Gasteiger partial charge on any atom is -0.322 e. The predicted molar refractivity (Wildman–Crippen MR) is 123 cm³/mol. The molecule has 1 saturated heterocycles. The third kappa shape index (κ3) is 4.70. The molecular weight excluding hydrogens is 453 g/mol. The molecule has 32 heavy (non-hydrogen) atoms. The molecule has 0 aromatic heterocycles. The van der Waals surface area contributed by atoms with E-state index in [1.807, 2.05) is 42.5 Å². The number of likely N-dealkylation sites (tertiary alicyclic amines) is 1. The molecule has 1 heterocycles. The van der Waals surface area contributed by atoms with Gasteiger partial charge in [0, 0.05) is 24.2 Å². The van der Waals surface area contributed by atoms with Crippen LogP contribution in [0.3, 0.4) is 0 Å². The molecule has 0 N–H and O–H groups in total. The van der Waals surface area contributed by atoms with Gasteiger partial charge < -0.3 is 4.90 Å². The monoisotopic (exact) mass is 471 g/mol. The SMILES string of the molecule is O=C(N1CCC1)N(OC(c1ccccc1)c1ccc(Cl)cc1)c1ccc(Cl)c([N+](=O)[O-])c1. The molecular formula is C23H19Cl2N3O4. The topological polar surface area (TPSA) is 75.9 Å². The lowest BCUT2D eigenvalue weighted by atomic mass is 10.0. The third-order valence-electron chi connectivity index (χ3n) is 5.15. The smallest absolute Gasteiger partial charge is 0.322 e. The van der Waals surface area contributed by atoms with Gasteiger partial charge in [-0.25, -0.2) is 4.79 Å². The second-order valence-corrected chi connectivity index (χ2v) is 8.10. The Morgan fingerprint density at radius 1 is 1.00 bits per heavy atom. The van der Waals surface area contributed by atoms with Crippen LogP contribution in [-0.2, 0) is 4.84 Å². The van der Waals surface area contributed by atoms with Crippen molar-refractivity contribution in [2.45, 2.75) is 12.5 Å². The van der Waals surface area contributed by atoms with Crippen LogP contribution in [0.5, 0.6) is 0 Å². The molecule has 0 radical (unpaired) electrons. The first kappa shape index (κ1) is 22.1. The number of anilines is 1. The molecule has 0 saturated carbocycles. The van der Waals surface area contributed by atoms with Crippen molar-refractivity contribution in [3.8, 4) is 0 Å². The number of carbonyl (C=O) groups is 1. The van der Waals surface area contributed by atoms with Crippen molar-refractivity contribution < 1.29 is 14.6 Å². The summed E-state index contributed by atoms with van der Waals surface area (Å²) < 4.78 is 0. The van der Waals surface area contributed by atoms with Gasteiger partial charge in [0.2, 0.25) is 0 Å². The minimum absolute atomic E-state index is 0.0209. The first-order valence-electron chi connectivity index (χ1n) is 9.94. The van der Waals surface area contributed by atoms with Crippen LogP contribution in [-0.4, -0.2) is 28.9 Å². The van der Waals surface area contributed by atoms with Crippen LogP contribution in [0.2, 0.25) is 10.0 Å². The van der Waals surface area contributed by atoms with Crippen molar-refractivity contribution in [3.63, 3.8) is 0 Å². The second-order valence-electron chi connectivity index (χ2n) is 7.26. The van der Waals surface area contributed by atoms with Gasteiger partial charge in [0.15, 0.2) is 0 Å². The zero-order valence-corrected chi connectivity index (χ0v) is 18.4. The molecule has 2 amide bonds. The van der Waals surface area contributed by atoms with Gasteiger partial charge in [0.1, 0.15) is 11.1 Å². The van der Waals surface area contributed by atoms with Gasteiger partial charge in [-0.05, 0) is 41.8 Å². The normalized spacial score (nSPS) is 13.9.